The van der Waals surface area contributed by atoms with Gasteiger partial charge in [0, 0.05) is 11.1 Å². The molecule has 2 unspecified atom stereocenters. The Morgan fingerprint density at radius 3 is 1.21 bits per heavy atom. The summed E-state index contributed by atoms with van der Waals surface area (Å²) >= 11 is 0. The maximum Gasteiger partial charge on any atom is 0.122 e. The Labute approximate surface area is 235 Å². The van der Waals surface area contributed by atoms with E-state index in [1.165, 1.54) is 36.8 Å². The minimum absolute atomic E-state index is 0.0221. The molecule has 0 fully saturated rings. The van der Waals surface area contributed by atoms with Crippen LogP contribution in [0.1, 0.15) is 166 Å². The van der Waals surface area contributed by atoms with Crippen LogP contribution in [0.15, 0.2) is 24.3 Å². The Kier molecular flexibility index (Phi) is 11.8. The fourth-order valence-corrected chi connectivity index (χ4v) is 5.34. The van der Waals surface area contributed by atoms with Crippen molar-refractivity contribution in [1.82, 2.24) is 0 Å². The van der Waals surface area contributed by atoms with Crippen LogP contribution in [-0.2, 0) is 23.7 Å². The molecule has 0 saturated carbocycles. The smallest absolute Gasteiger partial charge is 0.122 e. The van der Waals surface area contributed by atoms with Crippen molar-refractivity contribution in [3.8, 4) is 11.5 Å². The van der Waals surface area contributed by atoms with E-state index >= 15 is 0 Å². The Balaban J connectivity index is 2.07. The second-order valence-corrected chi connectivity index (χ2v) is 13.2. The molecule has 2 rings (SSSR count). The molecule has 2 aromatic rings. The second kappa shape index (κ2) is 13.9. The molecule has 2 atom stereocenters. The van der Waals surface area contributed by atoms with Gasteiger partial charge < -0.3 is 10.2 Å². The lowest BCUT2D eigenvalue weighted by molar-refractivity contribution is 0.418. The van der Waals surface area contributed by atoms with Crippen molar-refractivity contribution in [2.75, 3.05) is 0 Å². The Bertz CT molecular complexity index is 947. The lowest BCUT2D eigenvalue weighted by atomic mass is 9.78. The first-order chi connectivity index (χ1) is 17.8. The summed E-state index contributed by atoms with van der Waals surface area (Å²) in [5, 5.41) is 22.2. The zero-order valence-corrected chi connectivity index (χ0v) is 26.4. The fraction of sp³-hybridized carbons (Fsp3) is 0.667. The van der Waals surface area contributed by atoms with Crippen LogP contribution in [0.2, 0.25) is 0 Å². The second-order valence-electron chi connectivity index (χ2n) is 13.2. The van der Waals surface area contributed by atoms with Crippen molar-refractivity contribution >= 4 is 0 Å². The van der Waals surface area contributed by atoms with Gasteiger partial charge in [-0.3, -0.25) is 0 Å². The first kappa shape index (κ1) is 32.3. The van der Waals surface area contributed by atoms with Gasteiger partial charge in [0.2, 0.25) is 0 Å². The van der Waals surface area contributed by atoms with Gasteiger partial charge in [0.25, 0.3) is 0 Å². The van der Waals surface area contributed by atoms with Crippen molar-refractivity contribution in [3.63, 3.8) is 0 Å². The van der Waals surface area contributed by atoms with Crippen LogP contribution in [-0.4, -0.2) is 10.2 Å². The molecule has 2 heteroatoms. The molecular weight excluding hydrogens is 464 g/mol. The van der Waals surface area contributed by atoms with Gasteiger partial charge in [-0.15, -0.1) is 0 Å². The van der Waals surface area contributed by atoms with Crippen LogP contribution < -0.4 is 0 Å². The first-order valence-corrected chi connectivity index (χ1v) is 15.5. The maximum absolute atomic E-state index is 11.1. The van der Waals surface area contributed by atoms with Crippen LogP contribution in [0.5, 0.6) is 11.5 Å². The molecule has 0 aromatic heterocycles. The Morgan fingerprint density at radius 1 is 0.579 bits per heavy atom. The molecule has 0 heterocycles. The number of hydrogen-bond donors (Lipinski definition) is 2. The number of unbranched alkanes of at least 4 members (excludes halogenated alkanes) is 3. The molecule has 0 radical (unpaired) electrons. The molecule has 0 spiro atoms. The van der Waals surface area contributed by atoms with Crippen molar-refractivity contribution in [2.45, 2.75) is 156 Å². The molecule has 38 heavy (non-hydrogen) atoms. The van der Waals surface area contributed by atoms with E-state index in [0.29, 0.717) is 23.3 Å². The molecule has 214 valence electrons. The highest BCUT2D eigenvalue weighted by atomic mass is 16.3. The first-order valence-electron chi connectivity index (χ1n) is 15.5. The molecule has 0 amide bonds. The van der Waals surface area contributed by atoms with Crippen molar-refractivity contribution < 1.29 is 10.2 Å². The fourth-order valence-electron chi connectivity index (χ4n) is 5.34. The number of aryl methyl sites for hydroxylation is 2. The van der Waals surface area contributed by atoms with Gasteiger partial charge >= 0.3 is 0 Å². The third kappa shape index (κ3) is 7.80. The van der Waals surface area contributed by atoms with Crippen molar-refractivity contribution in [1.29, 1.82) is 0 Å². The van der Waals surface area contributed by atoms with Gasteiger partial charge in [0.05, 0.1) is 0 Å². The molecule has 2 N–H and O–H groups in total. The van der Waals surface area contributed by atoms with Crippen molar-refractivity contribution in [2.24, 2.45) is 0 Å². The summed E-state index contributed by atoms with van der Waals surface area (Å²) in [7, 11) is 0. The molecule has 0 bridgehead atoms. The highest BCUT2D eigenvalue weighted by molar-refractivity contribution is 5.50. The molecule has 2 aromatic carbocycles. The largest absolute Gasteiger partial charge is 0.507 e. The van der Waals surface area contributed by atoms with Crippen LogP contribution in [0.4, 0.5) is 0 Å². The lowest BCUT2D eigenvalue weighted by Crippen LogP contribution is -2.17. The third-order valence-corrected chi connectivity index (χ3v) is 9.59. The summed E-state index contributed by atoms with van der Waals surface area (Å²) in [5.41, 5.74) is 7.17. The van der Waals surface area contributed by atoms with Gasteiger partial charge in [-0.1, -0.05) is 106 Å². The highest BCUT2D eigenvalue weighted by Gasteiger charge is 2.26. The zero-order valence-electron chi connectivity index (χ0n) is 26.4. The lowest BCUT2D eigenvalue weighted by Gasteiger charge is -2.28. The monoisotopic (exact) mass is 522 g/mol. The summed E-state index contributed by atoms with van der Waals surface area (Å²) in [4.78, 5) is 0. The maximum atomic E-state index is 11.1. The van der Waals surface area contributed by atoms with E-state index in [1.54, 1.807) is 0 Å². The van der Waals surface area contributed by atoms with Gasteiger partial charge in [0.1, 0.15) is 11.5 Å². The predicted octanol–water partition coefficient (Wildman–Crippen LogP) is 10.8. The minimum Gasteiger partial charge on any atom is -0.507 e. The minimum atomic E-state index is -0.0221. The van der Waals surface area contributed by atoms with Gasteiger partial charge in [-0.25, -0.2) is 0 Å². The van der Waals surface area contributed by atoms with Gasteiger partial charge in [-0.2, -0.15) is 0 Å². The Hall–Kier alpha value is -1.96. The number of hydrogen-bond acceptors (Lipinski definition) is 2. The van der Waals surface area contributed by atoms with Crippen LogP contribution >= 0.6 is 0 Å². The normalized spacial score (nSPS) is 14.1. The van der Waals surface area contributed by atoms with Crippen LogP contribution in [0.25, 0.3) is 0 Å². The number of benzene rings is 2. The van der Waals surface area contributed by atoms with Gasteiger partial charge in [-0.05, 0) is 96.3 Å². The van der Waals surface area contributed by atoms with Crippen LogP contribution in [0, 0.1) is 0 Å². The molecule has 0 saturated heterocycles. The topological polar surface area (TPSA) is 40.5 Å². The van der Waals surface area contributed by atoms with E-state index < -0.39 is 0 Å². The summed E-state index contributed by atoms with van der Waals surface area (Å²) in [6.07, 6.45) is 11.0. The van der Waals surface area contributed by atoms with E-state index in [4.69, 9.17) is 0 Å². The number of rotatable bonds is 15. The van der Waals surface area contributed by atoms with E-state index in [0.717, 1.165) is 60.8 Å². The summed E-state index contributed by atoms with van der Waals surface area (Å²) in [6.45, 7) is 22.3. The molecule has 0 aliphatic rings. The predicted molar refractivity (Wildman–Crippen MR) is 166 cm³/mol. The highest BCUT2D eigenvalue weighted by Crippen LogP contribution is 2.42. The summed E-state index contributed by atoms with van der Waals surface area (Å²) < 4.78 is 0. The molecule has 0 aliphatic carbocycles. The quantitative estimate of drug-likeness (QED) is 0.228. The van der Waals surface area contributed by atoms with E-state index in [1.807, 2.05) is 0 Å². The average molecular weight is 523 g/mol. The molecular formula is C36H58O2. The number of aromatic hydroxyl groups is 2. The van der Waals surface area contributed by atoms with E-state index in [9.17, 15) is 10.2 Å². The molecule has 0 aliphatic heterocycles. The standard InChI is InChI=1S/C36H58O2/c1-11-25(5)29-21-27(23-31(33(29)37)35(7,8)13-3)19-17-15-16-18-20-28-22-30(26(6)12-2)34(38)32(24-28)36(9,10)14-4/h21-26,37-38H,11-20H2,1-10H3. The van der Waals surface area contributed by atoms with Gasteiger partial charge in [0.15, 0.2) is 0 Å². The summed E-state index contributed by atoms with van der Waals surface area (Å²) in [6, 6.07) is 9.08. The molecule has 2 nitrogen and oxygen atoms in total. The van der Waals surface area contributed by atoms with Crippen LogP contribution in [0.3, 0.4) is 0 Å². The van der Waals surface area contributed by atoms with E-state index in [2.05, 4.69) is 93.5 Å². The Morgan fingerprint density at radius 2 is 0.921 bits per heavy atom. The number of phenols is 2. The summed E-state index contributed by atoms with van der Waals surface area (Å²) in [5.74, 6) is 1.78. The number of phenolic OH excluding ortho intramolecular Hbond substituents is 2. The zero-order chi connectivity index (χ0) is 28.7. The SMILES string of the molecule is CCC(C)c1cc(CCCCCCc2cc(C(C)CC)c(O)c(C(C)(C)CC)c2)cc(C(C)(C)CC)c1O. The third-order valence-electron chi connectivity index (χ3n) is 9.59. The average Bonchev–Trinajstić information content (AvgIpc) is 2.90. The van der Waals surface area contributed by atoms with Crippen molar-refractivity contribution in [3.05, 3.63) is 57.6 Å². The van der Waals surface area contributed by atoms with E-state index in [-0.39, 0.29) is 10.8 Å².